The van der Waals surface area contributed by atoms with Gasteiger partial charge in [-0.3, -0.25) is 4.79 Å². The Morgan fingerprint density at radius 1 is 1.30 bits per heavy atom. The van der Waals surface area contributed by atoms with Crippen LogP contribution in [0, 0.1) is 0 Å². The highest BCUT2D eigenvalue weighted by molar-refractivity contribution is 7.99. The summed E-state index contributed by atoms with van der Waals surface area (Å²) in [4.78, 5) is 25.7. The Morgan fingerprint density at radius 3 is 2.70 bits per heavy atom. The predicted octanol–water partition coefficient (Wildman–Crippen LogP) is 4.34. The smallest absolute Gasteiger partial charge is 0.327 e. The standard InChI is InChI=1S/C17H22ClNO3S/c1-2-3-4-5-10-15(20)19-14(17(21)22)11-23-16(19)12-8-6-7-9-13(12)18/h6-9,14,16H,2-5,10-11H2,1H3,(H,21,22). The van der Waals surface area contributed by atoms with Gasteiger partial charge in [-0.25, -0.2) is 4.79 Å². The van der Waals surface area contributed by atoms with Crippen molar-refractivity contribution < 1.29 is 14.7 Å². The molecule has 2 atom stereocenters. The second-order valence-electron chi connectivity index (χ2n) is 5.67. The average Bonchev–Trinajstić information content (AvgIpc) is 2.97. The number of rotatable bonds is 7. The fourth-order valence-corrected chi connectivity index (χ4v) is 4.53. The lowest BCUT2D eigenvalue weighted by molar-refractivity contribution is -0.149. The fraction of sp³-hybridized carbons (Fsp3) is 0.529. The minimum absolute atomic E-state index is 0.0941. The van der Waals surface area contributed by atoms with Gasteiger partial charge in [-0.05, 0) is 12.5 Å². The third kappa shape index (κ3) is 4.42. The summed E-state index contributed by atoms with van der Waals surface area (Å²) < 4.78 is 0. The molecule has 6 heteroatoms. The molecule has 1 fully saturated rings. The van der Waals surface area contributed by atoms with E-state index in [0.29, 0.717) is 17.2 Å². The third-order valence-corrected chi connectivity index (χ3v) is 5.64. The number of thioether (sulfide) groups is 1. The van der Waals surface area contributed by atoms with E-state index >= 15 is 0 Å². The van der Waals surface area contributed by atoms with Gasteiger partial charge in [-0.15, -0.1) is 11.8 Å². The second-order valence-corrected chi connectivity index (χ2v) is 7.19. The Hall–Kier alpha value is -1.20. The van der Waals surface area contributed by atoms with Crippen LogP contribution in [0.15, 0.2) is 24.3 Å². The van der Waals surface area contributed by atoms with Crippen molar-refractivity contribution in [2.75, 3.05) is 5.75 Å². The van der Waals surface area contributed by atoms with Gasteiger partial charge in [0.05, 0.1) is 0 Å². The first-order chi connectivity index (χ1) is 11.1. The summed E-state index contributed by atoms with van der Waals surface area (Å²) >= 11 is 7.71. The Morgan fingerprint density at radius 2 is 2.04 bits per heavy atom. The molecule has 0 aliphatic carbocycles. The molecule has 4 nitrogen and oxygen atoms in total. The molecule has 2 rings (SSSR count). The quantitative estimate of drug-likeness (QED) is 0.739. The number of aliphatic carboxylic acids is 1. The monoisotopic (exact) mass is 355 g/mol. The number of carbonyl (C=O) groups is 2. The minimum atomic E-state index is -0.950. The Kier molecular flexibility index (Phi) is 6.78. The van der Waals surface area contributed by atoms with Crippen molar-refractivity contribution >= 4 is 35.2 Å². The number of carboxylic acids is 1. The van der Waals surface area contributed by atoms with Crippen LogP contribution in [-0.4, -0.2) is 33.7 Å². The maximum absolute atomic E-state index is 12.6. The van der Waals surface area contributed by atoms with Crippen LogP contribution in [0.5, 0.6) is 0 Å². The van der Waals surface area contributed by atoms with E-state index in [1.54, 1.807) is 6.07 Å². The lowest BCUT2D eigenvalue weighted by Gasteiger charge is -2.28. The van der Waals surface area contributed by atoms with Crippen LogP contribution >= 0.6 is 23.4 Å². The van der Waals surface area contributed by atoms with E-state index in [1.807, 2.05) is 18.2 Å². The van der Waals surface area contributed by atoms with Crippen molar-refractivity contribution in [3.63, 3.8) is 0 Å². The van der Waals surface area contributed by atoms with Crippen molar-refractivity contribution in [2.24, 2.45) is 0 Å². The van der Waals surface area contributed by atoms with Gasteiger partial charge < -0.3 is 10.0 Å². The van der Waals surface area contributed by atoms with E-state index in [2.05, 4.69) is 6.92 Å². The molecule has 1 aliphatic heterocycles. The fourth-order valence-electron chi connectivity index (χ4n) is 2.75. The zero-order valence-corrected chi connectivity index (χ0v) is 14.8. The highest BCUT2D eigenvalue weighted by Gasteiger charge is 2.42. The zero-order valence-electron chi connectivity index (χ0n) is 13.2. The van der Waals surface area contributed by atoms with Crippen LogP contribution in [0.4, 0.5) is 0 Å². The van der Waals surface area contributed by atoms with Gasteiger partial charge in [0.2, 0.25) is 5.91 Å². The summed E-state index contributed by atoms with van der Waals surface area (Å²) in [6, 6.07) is 6.55. The summed E-state index contributed by atoms with van der Waals surface area (Å²) in [5, 5.41) is 9.69. The molecule has 2 unspecified atom stereocenters. The van der Waals surface area contributed by atoms with Crippen LogP contribution in [0.3, 0.4) is 0 Å². The van der Waals surface area contributed by atoms with E-state index in [1.165, 1.54) is 16.7 Å². The van der Waals surface area contributed by atoms with Crippen LogP contribution < -0.4 is 0 Å². The number of amides is 1. The number of carboxylic acid groups (broad SMARTS) is 1. The van der Waals surface area contributed by atoms with Gasteiger partial charge in [0.15, 0.2) is 0 Å². The zero-order chi connectivity index (χ0) is 16.8. The summed E-state index contributed by atoms with van der Waals surface area (Å²) in [6.45, 7) is 2.12. The second kappa shape index (κ2) is 8.60. The molecule has 0 aromatic heterocycles. The van der Waals surface area contributed by atoms with Crippen molar-refractivity contribution in [1.29, 1.82) is 0 Å². The number of halogens is 1. The molecule has 1 aromatic carbocycles. The number of hydrogen-bond donors (Lipinski definition) is 1. The van der Waals surface area contributed by atoms with Gasteiger partial charge in [-0.2, -0.15) is 0 Å². The first-order valence-electron chi connectivity index (χ1n) is 7.96. The Bertz CT molecular complexity index is 567. The van der Waals surface area contributed by atoms with Crippen molar-refractivity contribution in [1.82, 2.24) is 4.90 Å². The molecule has 23 heavy (non-hydrogen) atoms. The van der Waals surface area contributed by atoms with Crippen molar-refractivity contribution in [3.05, 3.63) is 34.9 Å². The molecule has 0 spiro atoms. The SMILES string of the molecule is CCCCCCC(=O)N1C(C(=O)O)CSC1c1ccccc1Cl. The normalized spacial score (nSPS) is 20.7. The van der Waals surface area contributed by atoms with Gasteiger partial charge in [-0.1, -0.05) is 56.0 Å². The van der Waals surface area contributed by atoms with Crippen LogP contribution in [0.25, 0.3) is 0 Å². The first kappa shape index (κ1) is 18.1. The summed E-state index contributed by atoms with van der Waals surface area (Å²) in [7, 11) is 0. The van der Waals surface area contributed by atoms with Gasteiger partial charge in [0.1, 0.15) is 11.4 Å². The first-order valence-corrected chi connectivity index (χ1v) is 9.39. The maximum Gasteiger partial charge on any atom is 0.327 e. The number of hydrogen-bond acceptors (Lipinski definition) is 3. The maximum atomic E-state index is 12.6. The predicted molar refractivity (Wildman–Crippen MR) is 93.7 cm³/mol. The number of benzene rings is 1. The minimum Gasteiger partial charge on any atom is -0.480 e. The molecular formula is C17H22ClNO3S. The largest absolute Gasteiger partial charge is 0.480 e. The van der Waals surface area contributed by atoms with E-state index in [-0.39, 0.29) is 11.3 Å². The lowest BCUT2D eigenvalue weighted by atomic mass is 10.1. The lowest BCUT2D eigenvalue weighted by Crippen LogP contribution is -2.42. The third-order valence-electron chi connectivity index (χ3n) is 3.99. The summed E-state index contributed by atoms with van der Waals surface area (Å²) in [6.07, 6.45) is 4.39. The molecule has 1 N–H and O–H groups in total. The Labute approximate surface area is 146 Å². The van der Waals surface area contributed by atoms with E-state index < -0.39 is 12.0 Å². The van der Waals surface area contributed by atoms with Crippen LogP contribution in [-0.2, 0) is 9.59 Å². The number of unbranched alkanes of at least 4 members (excludes halogenated alkanes) is 3. The van der Waals surface area contributed by atoms with Crippen molar-refractivity contribution in [3.8, 4) is 0 Å². The molecule has 1 saturated heterocycles. The molecule has 1 amide bonds. The highest BCUT2D eigenvalue weighted by Crippen LogP contribution is 2.44. The summed E-state index contributed by atoms with van der Waals surface area (Å²) in [5.74, 6) is -0.649. The molecule has 0 radical (unpaired) electrons. The molecule has 0 bridgehead atoms. The van der Waals surface area contributed by atoms with Gasteiger partial charge in [0.25, 0.3) is 0 Å². The number of carbonyl (C=O) groups excluding carboxylic acids is 1. The van der Waals surface area contributed by atoms with E-state index in [9.17, 15) is 14.7 Å². The Balaban J connectivity index is 2.16. The molecule has 126 valence electrons. The highest BCUT2D eigenvalue weighted by atomic mass is 35.5. The molecule has 0 saturated carbocycles. The van der Waals surface area contributed by atoms with Gasteiger partial charge in [0, 0.05) is 22.8 Å². The van der Waals surface area contributed by atoms with Crippen LogP contribution in [0.1, 0.15) is 50.0 Å². The summed E-state index contributed by atoms with van der Waals surface area (Å²) in [5.41, 5.74) is 0.810. The van der Waals surface area contributed by atoms with Crippen molar-refractivity contribution in [2.45, 2.75) is 50.4 Å². The average molecular weight is 356 g/mol. The van der Waals surface area contributed by atoms with E-state index in [0.717, 1.165) is 31.2 Å². The van der Waals surface area contributed by atoms with Gasteiger partial charge >= 0.3 is 5.97 Å². The molecule has 1 heterocycles. The topological polar surface area (TPSA) is 57.6 Å². The molecular weight excluding hydrogens is 334 g/mol. The number of nitrogens with zero attached hydrogens (tertiary/aromatic N) is 1. The van der Waals surface area contributed by atoms with Crippen LogP contribution in [0.2, 0.25) is 5.02 Å². The van der Waals surface area contributed by atoms with E-state index in [4.69, 9.17) is 11.6 Å². The molecule has 1 aliphatic rings. The molecule has 1 aromatic rings.